The van der Waals surface area contributed by atoms with E-state index in [0.717, 1.165) is 0 Å². The molecule has 0 radical (unpaired) electrons. The van der Waals surface area contributed by atoms with Crippen molar-refractivity contribution in [2.24, 2.45) is 0 Å². The smallest absolute Gasteiger partial charge is 0 e. The third kappa shape index (κ3) is 3.64. The number of benzene rings is 2. The second-order valence-corrected chi connectivity index (χ2v) is 3.55. The van der Waals surface area contributed by atoms with Gasteiger partial charge in [0, 0.05) is 26.2 Å². The van der Waals surface area contributed by atoms with Crippen molar-refractivity contribution >= 4 is 5.57 Å². The van der Waals surface area contributed by atoms with Crippen LogP contribution in [-0.2, 0) is 26.2 Å². The molecule has 0 unspecified atom stereocenters. The van der Waals surface area contributed by atoms with Crippen molar-refractivity contribution in [1.82, 2.24) is 0 Å². The molecule has 0 N–H and O–H groups in total. The largest absolute Gasteiger partial charge is 0.0990 e. The summed E-state index contributed by atoms with van der Waals surface area (Å²) in [5.74, 6) is 0. The van der Waals surface area contributed by atoms with Gasteiger partial charge in [-0.15, -0.1) is 0 Å². The van der Waals surface area contributed by atoms with Crippen LogP contribution in [0.4, 0.5) is 0 Å². The maximum Gasteiger partial charge on any atom is 0 e. The first-order valence-corrected chi connectivity index (χ1v) is 5.35. The zero-order valence-electron chi connectivity index (χ0n) is 9.64. The molecule has 0 nitrogen and oxygen atoms in total. The summed E-state index contributed by atoms with van der Waals surface area (Å²) in [6, 6.07) is 20.7. The molecule has 2 aromatic rings. The van der Waals surface area contributed by atoms with E-state index in [1.54, 1.807) is 0 Å². The molecular weight excluding hydrogens is 193 g/mol. The van der Waals surface area contributed by atoms with Crippen molar-refractivity contribution in [2.75, 3.05) is 0 Å². The Morgan fingerprint density at radius 1 is 0.765 bits per heavy atom. The van der Waals surface area contributed by atoms with E-state index in [0.29, 0.717) is 0 Å². The molecule has 0 aliphatic carbocycles. The quantitative estimate of drug-likeness (QED) is 0.658. The standard InChI is InChI=1S/C16H14.Zr/c1-2-9-16(14-10-5-3-6-11-14)15-12-7-4-8-13-15;/h2-13H,1H2;/i;1-90. The van der Waals surface area contributed by atoms with Gasteiger partial charge >= 0.3 is 0 Å². The van der Waals surface area contributed by atoms with E-state index in [4.69, 9.17) is 0 Å². The predicted octanol–water partition coefficient (Wildman–Crippen LogP) is 4.30. The second-order valence-electron chi connectivity index (χ2n) is 3.55. The minimum atomic E-state index is 0. The summed E-state index contributed by atoms with van der Waals surface area (Å²) in [6.07, 6.45) is 3.88. The molecule has 0 atom stereocenters. The first-order valence-electron chi connectivity index (χ1n) is 5.35. The summed E-state index contributed by atoms with van der Waals surface area (Å²) in [7, 11) is 0. The number of allylic oxidation sites excluding steroid dienone is 2. The van der Waals surface area contributed by atoms with Gasteiger partial charge in [0.05, 0.1) is 0 Å². The Balaban J connectivity index is 0.00000144. The summed E-state index contributed by atoms with van der Waals surface area (Å²) in [4.78, 5) is 0. The second kappa shape index (κ2) is 7.19. The average molecular weight is 207 g/mol. The van der Waals surface area contributed by atoms with Crippen LogP contribution >= 0.6 is 0 Å². The van der Waals surface area contributed by atoms with Crippen LogP contribution in [0.2, 0.25) is 0 Å². The molecule has 0 bridgehead atoms. The van der Waals surface area contributed by atoms with Crippen molar-refractivity contribution in [1.29, 1.82) is 0 Å². The van der Waals surface area contributed by atoms with Crippen molar-refractivity contribution in [3.05, 3.63) is 90.5 Å². The minimum absolute atomic E-state index is 0. The van der Waals surface area contributed by atoms with E-state index < -0.39 is 0 Å². The molecule has 2 rings (SSSR count). The Kier molecular flexibility index (Phi) is 5.87. The van der Waals surface area contributed by atoms with E-state index in [1.165, 1.54) is 16.7 Å². The monoisotopic (exact) mass is 207 g/mol. The summed E-state index contributed by atoms with van der Waals surface area (Å²) in [6.45, 7) is 3.78. The van der Waals surface area contributed by atoms with Gasteiger partial charge < -0.3 is 0 Å². The molecule has 0 saturated heterocycles. The Bertz CT molecular complexity index is 442. The van der Waals surface area contributed by atoms with Gasteiger partial charge in [0.15, 0.2) is 0 Å². The van der Waals surface area contributed by atoms with Gasteiger partial charge in [-0.1, -0.05) is 79.4 Å². The third-order valence-electron chi connectivity index (χ3n) is 2.45. The average Bonchev–Trinajstić information content (AvgIpc) is 2.38. The maximum absolute atomic E-state index is 3.78. The van der Waals surface area contributed by atoms with Gasteiger partial charge in [-0.05, 0) is 16.7 Å². The summed E-state index contributed by atoms with van der Waals surface area (Å²) in [5, 5.41) is 0. The molecule has 0 aliphatic heterocycles. The molecule has 17 heavy (non-hydrogen) atoms. The number of hydrogen-bond acceptors (Lipinski definition) is 0. The maximum atomic E-state index is 3.78. The first kappa shape index (κ1) is 13.9. The fourth-order valence-electron chi connectivity index (χ4n) is 1.71. The van der Waals surface area contributed by atoms with Gasteiger partial charge in [-0.2, -0.15) is 0 Å². The Labute approximate surface area is 122 Å². The predicted molar refractivity (Wildman–Crippen MR) is 70.2 cm³/mol. The molecule has 0 saturated carbocycles. The van der Waals surface area contributed by atoms with E-state index >= 15 is 0 Å². The van der Waals surface area contributed by atoms with E-state index in [2.05, 4.69) is 55.1 Å². The minimum Gasteiger partial charge on any atom is -0.0990 e. The van der Waals surface area contributed by atoms with Crippen LogP contribution in [0.5, 0.6) is 0 Å². The van der Waals surface area contributed by atoms with Crippen molar-refractivity contribution in [2.45, 2.75) is 0 Å². The van der Waals surface area contributed by atoms with E-state index in [9.17, 15) is 0 Å². The van der Waals surface area contributed by atoms with Crippen molar-refractivity contribution in [3.8, 4) is 0 Å². The summed E-state index contributed by atoms with van der Waals surface area (Å²) < 4.78 is 0. The van der Waals surface area contributed by atoms with Crippen molar-refractivity contribution in [3.63, 3.8) is 0 Å². The SMILES string of the molecule is C=CC=C(c1ccccc1)c1ccccc1.[1Zr]. The fourth-order valence-corrected chi connectivity index (χ4v) is 1.71. The molecule has 82 valence electrons. The molecule has 0 aromatic heterocycles. The van der Waals surface area contributed by atoms with Gasteiger partial charge in [-0.25, -0.2) is 0 Å². The van der Waals surface area contributed by atoms with Gasteiger partial charge in [0.2, 0.25) is 0 Å². The molecule has 1 heteroatoms. The molecule has 0 amide bonds. The Morgan fingerprint density at radius 3 is 1.53 bits per heavy atom. The zero-order chi connectivity index (χ0) is 11.2. The fraction of sp³-hybridized carbons (Fsp3) is 0. The summed E-state index contributed by atoms with van der Waals surface area (Å²) >= 11 is 0. The molecular formula is C16H14Zr. The van der Waals surface area contributed by atoms with Gasteiger partial charge in [-0.3, -0.25) is 0 Å². The van der Waals surface area contributed by atoms with Crippen LogP contribution in [0.25, 0.3) is 5.57 Å². The number of hydrogen-bond donors (Lipinski definition) is 0. The van der Waals surface area contributed by atoms with Crippen LogP contribution in [-0.4, -0.2) is 0 Å². The molecule has 0 spiro atoms. The normalized spacial score (nSPS) is 8.94. The van der Waals surface area contributed by atoms with Gasteiger partial charge in [0.25, 0.3) is 0 Å². The van der Waals surface area contributed by atoms with Crippen LogP contribution in [0.1, 0.15) is 11.1 Å². The van der Waals surface area contributed by atoms with Crippen LogP contribution in [0.3, 0.4) is 0 Å². The summed E-state index contributed by atoms with van der Waals surface area (Å²) in [5.41, 5.74) is 3.64. The van der Waals surface area contributed by atoms with E-state index in [-0.39, 0.29) is 26.2 Å². The van der Waals surface area contributed by atoms with E-state index in [1.807, 2.05) is 24.3 Å². The van der Waals surface area contributed by atoms with Crippen molar-refractivity contribution < 1.29 is 26.2 Å². The molecule has 0 heterocycles. The first-order chi connectivity index (χ1) is 7.92. The zero-order valence-corrected chi connectivity index (χ0v) is 12.1. The number of rotatable bonds is 3. The Morgan fingerprint density at radius 2 is 1.18 bits per heavy atom. The molecule has 0 aliphatic rings. The molecule has 0 fully saturated rings. The van der Waals surface area contributed by atoms with Crippen LogP contribution in [0, 0.1) is 0 Å². The van der Waals surface area contributed by atoms with Gasteiger partial charge in [0.1, 0.15) is 0 Å². The topological polar surface area (TPSA) is 0 Å². The Hall–Kier alpha value is -1.20. The molecule has 2 aromatic carbocycles. The van der Waals surface area contributed by atoms with Crippen LogP contribution in [0.15, 0.2) is 79.4 Å². The van der Waals surface area contributed by atoms with Crippen LogP contribution < -0.4 is 0 Å². The third-order valence-corrected chi connectivity index (χ3v) is 2.45.